The van der Waals surface area contributed by atoms with Gasteiger partial charge in [0.05, 0.1) is 19.0 Å². The minimum absolute atomic E-state index is 0.757. The van der Waals surface area contributed by atoms with Gasteiger partial charge in [-0.15, -0.1) is 0 Å². The van der Waals surface area contributed by atoms with Crippen LogP contribution in [0.2, 0.25) is 0 Å². The lowest BCUT2D eigenvalue weighted by Crippen LogP contribution is -2.14. The number of hydrogen-bond donors (Lipinski definition) is 1. The fourth-order valence-electron chi connectivity index (χ4n) is 1.61. The lowest BCUT2D eigenvalue weighted by Gasteiger charge is -2.15. The molecule has 1 N–H and O–H groups in total. The van der Waals surface area contributed by atoms with Crippen molar-refractivity contribution in [3.05, 3.63) is 30.0 Å². The summed E-state index contributed by atoms with van der Waals surface area (Å²) >= 11 is 0. The molecule has 0 fully saturated rings. The van der Waals surface area contributed by atoms with Crippen LogP contribution in [0.1, 0.15) is 19.4 Å². The summed E-state index contributed by atoms with van der Waals surface area (Å²) in [7, 11) is 1.62. The average molecular weight is 206 g/mol. The molecule has 3 nitrogen and oxygen atoms in total. The minimum atomic E-state index is -0.905. The molecule has 80 valence electrons. The Bertz CT molecular complexity index is 477. The molecular formula is C12H14O3. The van der Waals surface area contributed by atoms with Gasteiger partial charge in [0, 0.05) is 10.9 Å². The van der Waals surface area contributed by atoms with E-state index in [0.29, 0.717) is 0 Å². The van der Waals surface area contributed by atoms with Gasteiger partial charge in [-0.05, 0) is 32.0 Å². The number of ether oxygens (including phenoxy) is 1. The van der Waals surface area contributed by atoms with Crippen molar-refractivity contribution in [1.29, 1.82) is 0 Å². The van der Waals surface area contributed by atoms with Crippen LogP contribution in [-0.4, -0.2) is 12.2 Å². The molecule has 0 bridgehead atoms. The molecule has 0 radical (unpaired) electrons. The van der Waals surface area contributed by atoms with E-state index in [1.54, 1.807) is 27.2 Å². The molecule has 0 atom stereocenters. The Morgan fingerprint density at radius 3 is 2.67 bits per heavy atom. The first-order chi connectivity index (χ1) is 7.02. The summed E-state index contributed by atoms with van der Waals surface area (Å²) in [6, 6.07) is 5.54. The molecule has 0 saturated heterocycles. The molecule has 2 aromatic rings. The zero-order valence-corrected chi connectivity index (χ0v) is 9.07. The molecular weight excluding hydrogens is 192 g/mol. The van der Waals surface area contributed by atoms with Crippen LogP contribution in [0.15, 0.2) is 28.9 Å². The van der Waals surface area contributed by atoms with Gasteiger partial charge in [-0.3, -0.25) is 0 Å². The highest BCUT2D eigenvalue weighted by atomic mass is 16.5. The first kappa shape index (κ1) is 10.1. The van der Waals surface area contributed by atoms with Crippen LogP contribution in [0.25, 0.3) is 11.0 Å². The van der Waals surface area contributed by atoms with Crippen LogP contribution < -0.4 is 4.74 Å². The molecule has 1 heterocycles. The first-order valence-electron chi connectivity index (χ1n) is 4.80. The van der Waals surface area contributed by atoms with Gasteiger partial charge >= 0.3 is 0 Å². The van der Waals surface area contributed by atoms with Crippen molar-refractivity contribution in [2.24, 2.45) is 0 Å². The molecule has 2 rings (SSSR count). The quantitative estimate of drug-likeness (QED) is 0.821. The van der Waals surface area contributed by atoms with Crippen molar-refractivity contribution >= 4 is 11.0 Å². The molecule has 0 aliphatic heterocycles. The van der Waals surface area contributed by atoms with E-state index < -0.39 is 5.60 Å². The summed E-state index contributed by atoms with van der Waals surface area (Å²) in [5, 5.41) is 10.8. The Kier molecular flexibility index (Phi) is 2.20. The maximum atomic E-state index is 9.94. The van der Waals surface area contributed by atoms with E-state index in [2.05, 4.69) is 0 Å². The first-order valence-corrected chi connectivity index (χ1v) is 4.80. The highest BCUT2D eigenvalue weighted by Crippen LogP contribution is 2.32. The highest BCUT2D eigenvalue weighted by Gasteiger charge is 2.21. The largest absolute Gasteiger partial charge is 0.497 e. The Labute approximate surface area is 88.3 Å². The third-order valence-electron chi connectivity index (χ3n) is 2.44. The maximum absolute atomic E-state index is 9.94. The van der Waals surface area contributed by atoms with E-state index in [1.807, 2.05) is 18.2 Å². The van der Waals surface area contributed by atoms with Crippen LogP contribution in [0.5, 0.6) is 5.75 Å². The molecule has 0 aliphatic rings. The average Bonchev–Trinajstić information content (AvgIpc) is 2.59. The summed E-state index contributed by atoms with van der Waals surface area (Å²) in [4.78, 5) is 0. The van der Waals surface area contributed by atoms with E-state index in [1.165, 1.54) is 0 Å². The third-order valence-corrected chi connectivity index (χ3v) is 2.44. The van der Waals surface area contributed by atoms with Crippen molar-refractivity contribution in [2.75, 3.05) is 7.11 Å². The van der Waals surface area contributed by atoms with Crippen molar-refractivity contribution in [1.82, 2.24) is 0 Å². The molecule has 0 aliphatic carbocycles. The van der Waals surface area contributed by atoms with Crippen LogP contribution in [0.3, 0.4) is 0 Å². The SMILES string of the molecule is COc1ccc2occ(C(C)(C)O)c2c1. The molecule has 0 saturated carbocycles. The highest BCUT2D eigenvalue weighted by molar-refractivity contribution is 5.83. The summed E-state index contributed by atoms with van der Waals surface area (Å²) in [6.45, 7) is 3.47. The van der Waals surface area contributed by atoms with Gasteiger partial charge in [-0.2, -0.15) is 0 Å². The van der Waals surface area contributed by atoms with Crippen molar-refractivity contribution in [2.45, 2.75) is 19.4 Å². The van der Waals surface area contributed by atoms with Crippen molar-refractivity contribution in [3.8, 4) is 5.75 Å². The fourth-order valence-corrected chi connectivity index (χ4v) is 1.61. The van der Waals surface area contributed by atoms with Gasteiger partial charge in [0.25, 0.3) is 0 Å². The van der Waals surface area contributed by atoms with Gasteiger partial charge in [0.15, 0.2) is 0 Å². The van der Waals surface area contributed by atoms with Crippen LogP contribution in [0, 0.1) is 0 Å². The second-order valence-electron chi connectivity index (χ2n) is 4.07. The molecule has 3 heteroatoms. The number of fused-ring (bicyclic) bond motifs is 1. The number of methoxy groups -OCH3 is 1. The van der Waals surface area contributed by atoms with Gasteiger partial charge in [0.1, 0.15) is 11.3 Å². The third kappa shape index (κ3) is 1.70. The van der Waals surface area contributed by atoms with Crippen molar-refractivity contribution < 1.29 is 14.3 Å². The number of rotatable bonds is 2. The summed E-state index contributed by atoms with van der Waals surface area (Å²) in [5.74, 6) is 0.759. The molecule has 1 aromatic carbocycles. The summed E-state index contributed by atoms with van der Waals surface area (Å²) in [5.41, 5.74) is 0.627. The lowest BCUT2D eigenvalue weighted by atomic mass is 9.98. The fraction of sp³-hybridized carbons (Fsp3) is 0.333. The summed E-state index contributed by atoms with van der Waals surface area (Å²) < 4.78 is 10.5. The van der Waals surface area contributed by atoms with Crippen LogP contribution >= 0.6 is 0 Å². The molecule has 0 spiro atoms. The second kappa shape index (κ2) is 3.28. The summed E-state index contributed by atoms with van der Waals surface area (Å²) in [6.07, 6.45) is 1.59. The van der Waals surface area contributed by atoms with E-state index in [4.69, 9.17) is 9.15 Å². The van der Waals surface area contributed by atoms with Crippen LogP contribution in [0.4, 0.5) is 0 Å². The van der Waals surface area contributed by atoms with Crippen LogP contribution in [-0.2, 0) is 5.60 Å². The second-order valence-corrected chi connectivity index (χ2v) is 4.07. The lowest BCUT2D eigenvalue weighted by molar-refractivity contribution is 0.0792. The predicted octanol–water partition coefficient (Wildman–Crippen LogP) is 2.67. The van der Waals surface area contributed by atoms with E-state index in [0.717, 1.165) is 22.3 Å². The Hall–Kier alpha value is -1.48. The van der Waals surface area contributed by atoms with Gasteiger partial charge in [0.2, 0.25) is 0 Å². The van der Waals surface area contributed by atoms with E-state index >= 15 is 0 Å². The maximum Gasteiger partial charge on any atom is 0.134 e. The van der Waals surface area contributed by atoms with Gasteiger partial charge in [-0.25, -0.2) is 0 Å². The minimum Gasteiger partial charge on any atom is -0.497 e. The monoisotopic (exact) mass is 206 g/mol. The molecule has 0 unspecified atom stereocenters. The number of benzene rings is 1. The standard InChI is InChI=1S/C12H14O3/c1-12(2,13)10-7-15-11-5-4-8(14-3)6-9(10)11/h4-7,13H,1-3H3. The normalized spacial score (nSPS) is 12.0. The molecule has 1 aromatic heterocycles. The van der Waals surface area contributed by atoms with Gasteiger partial charge in [-0.1, -0.05) is 0 Å². The number of hydrogen-bond acceptors (Lipinski definition) is 3. The number of furan rings is 1. The predicted molar refractivity (Wildman–Crippen MR) is 58.0 cm³/mol. The number of aliphatic hydroxyl groups is 1. The molecule has 15 heavy (non-hydrogen) atoms. The zero-order valence-electron chi connectivity index (χ0n) is 9.07. The van der Waals surface area contributed by atoms with E-state index in [9.17, 15) is 5.11 Å². The van der Waals surface area contributed by atoms with Crippen molar-refractivity contribution in [3.63, 3.8) is 0 Å². The topological polar surface area (TPSA) is 42.6 Å². The Morgan fingerprint density at radius 2 is 2.07 bits per heavy atom. The zero-order chi connectivity index (χ0) is 11.1. The van der Waals surface area contributed by atoms with Gasteiger partial charge < -0.3 is 14.3 Å². The van der Waals surface area contributed by atoms with E-state index in [-0.39, 0.29) is 0 Å². The Morgan fingerprint density at radius 1 is 1.33 bits per heavy atom. The Balaban J connectivity index is 2.67. The smallest absolute Gasteiger partial charge is 0.134 e. The molecule has 0 amide bonds.